The number of amides is 2. The van der Waals surface area contributed by atoms with Crippen LogP contribution in [-0.2, 0) is 13.6 Å². The molecule has 0 aliphatic rings. The van der Waals surface area contributed by atoms with Crippen LogP contribution in [0.3, 0.4) is 0 Å². The molecule has 23 heavy (non-hydrogen) atoms. The third-order valence-corrected chi connectivity index (χ3v) is 3.90. The second-order valence-electron chi connectivity index (χ2n) is 5.63. The van der Waals surface area contributed by atoms with E-state index in [1.807, 2.05) is 51.4 Å². The van der Waals surface area contributed by atoms with Crippen LogP contribution >= 0.6 is 0 Å². The number of aryl methyl sites for hydroxylation is 2. The molecule has 1 atom stereocenters. The van der Waals surface area contributed by atoms with Gasteiger partial charge in [-0.15, -0.1) is 0 Å². The molecule has 0 saturated carbocycles. The third-order valence-electron chi connectivity index (χ3n) is 3.90. The average molecular weight is 312 g/mol. The van der Waals surface area contributed by atoms with Crippen LogP contribution in [0.15, 0.2) is 41.1 Å². The van der Waals surface area contributed by atoms with Gasteiger partial charge in [-0.1, -0.05) is 18.2 Å². The average Bonchev–Trinajstić information content (AvgIpc) is 3.08. The van der Waals surface area contributed by atoms with Crippen LogP contribution in [0, 0.1) is 6.92 Å². The normalized spacial score (nSPS) is 12.3. The molecule has 0 radical (unpaired) electrons. The largest absolute Gasteiger partial charge is 0.461 e. The van der Waals surface area contributed by atoms with Crippen LogP contribution in [0.2, 0.25) is 0 Å². The molecule has 2 aromatic heterocycles. The van der Waals surface area contributed by atoms with Crippen molar-refractivity contribution in [1.82, 2.24) is 20.4 Å². The van der Waals surface area contributed by atoms with Gasteiger partial charge >= 0.3 is 6.03 Å². The summed E-state index contributed by atoms with van der Waals surface area (Å²) in [6, 6.07) is 7.50. The zero-order valence-electron chi connectivity index (χ0n) is 13.5. The van der Waals surface area contributed by atoms with Gasteiger partial charge in [-0.3, -0.25) is 4.68 Å². The minimum Gasteiger partial charge on any atom is -0.461 e. The molecule has 3 rings (SSSR count). The molecule has 2 amide bonds. The second kappa shape index (κ2) is 6.16. The van der Waals surface area contributed by atoms with Crippen molar-refractivity contribution in [3.63, 3.8) is 0 Å². The molecule has 1 aromatic carbocycles. The number of benzene rings is 1. The fourth-order valence-corrected chi connectivity index (χ4v) is 2.60. The number of furan rings is 1. The third kappa shape index (κ3) is 3.21. The van der Waals surface area contributed by atoms with Crippen molar-refractivity contribution in [2.45, 2.75) is 26.4 Å². The monoisotopic (exact) mass is 312 g/mol. The lowest BCUT2D eigenvalue weighted by atomic mass is 10.1. The zero-order valence-corrected chi connectivity index (χ0v) is 13.5. The predicted octanol–water partition coefficient (Wildman–Crippen LogP) is 3.04. The van der Waals surface area contributed by atoms with Crippen molar-refractivity contribution in [3.05, 3.63) is 53.5 Å². The Bertz CT molecular complexity index is 834. The lowest BCUT2D eigenvalue weighted by molar-refractivity contribution is 0.237. The van der Waals surface area contributed by atoms with E-state index in [4.69, 9.17) is 4.42 Å². The van der Waals surface area contributed by atoms with Gasteiger partial charge in [0.2, 0.25) is 0 Å². The standard InChI is InChI=1S/C17H20N4O2/c1-11(13-8-19-21(3)10-13)20-17(22)18-9-15-12(2)23-16-7-5-4-6-14(15)16/h4-8,10-11H,9H2,1-3H3,(H2,18,20,22). The minimum atomic E-state index is -0.217. The molecule has 6 nitrogen and oxygen atoms in total. The van der Waals surface area contributed by atoms with Crippen molar-refractivity contribution >= 4 is 17.0 Å². The highest BCUT2D eigenvalue weighted by Gasteiger charge is 2.13. The highest BCUT2D eigenvalue weighted by molar-refractivity contribution is 5.83. The molecule has 0 bridgehead atoms. The van der Waals surface area contributed by atoms with Gasteiger partial charge in [0.1, 0.15) is 11.3 Å². The van der Waals surface area contributed by atoms with E-state index < -0.39 is 0 Å². The number of nitrogens with zero attached hydrogens (tertiary/aromatic N) is 2. The molecule has 0 aliphatic carbocycles. The van der Waals surface area contributed by atoms with E-state index in [0.29, 0.717) is 6.54 Å². The Hall–Kier alpha value is -2.76. The molecule has 2 N–H and O–H groups in total. The van der Waals surface area contributed by atoms with Crippen molar-refractivity contribution in [2.24, 2.45) is 7.05 Å². The molecule has 1 unspecified atom stereocenters. The first-order valence-electron chi connectivity index (χ1n) is 7.54. The molecule has 0 fully saturated rings. The molecular formula is C17H20N4O2. The van der Waals surface area contributed by atoms with Crippen LogP contribution < -0.4 is 10.6 Å². The number of carbonyl (C=O) groups excluding carboxylic acids is 1. The van der Waals surface area contributed by atoms with Crippen LogP contribution in [0.5, 0.6) is 0 Å². The number of fused-ring (bicyclic) bond motifs is 1. The number of nitrogens with one attached hydrogen (secondary N) is 2. The quantitative estimate of drug-likeness (QED) is 0.778. The SMILES string of the molecule is Cc1oc2ccccc2c1CNC(=O)NC(C)c1cnn(C)c1. The van der Waals surface area contributed by atoms with Gasteiger partial charge in [0, 0.05) is 36.3 Å². The molecule has 0 aliphatic heterocycles. The Labute approximate surface area is 134 Å². The first-order chi connectivity index (χ1) is 11.0. The maximum Gasteiger partial charge on any atom is 0.315 e. The Morgan fingerprint density at radius 3 is 2.91 bits per heavy atom. The van der Waals surface area contributed by atoms with Crippen molar-refractivity contribution in [1.29, 1.82) is 0 Å². The number of hydrogen-bond donors (Lipinski definition) is 2. The van der Waals surface area contributed by atoms with Crippen molar-refractivity contribution < 1.29 is 9.21 Å². The van der Waals surface area contributed by atoms with Gasteiger partial charge in [-0.05, 0) is 19.9 Å². The minimum absolute atomic E-state index is 0.106. The van der Waals surface area contributed by atoms with Gasteiger partial charge in [0.05, 0.1) is 12.2 Å². The maximum atomic E-state index is 12.1. The number of rotatable bonds is 4. The Kier molecular flexibility index (Phi) is 4.06. The summed E-state index contributed by atoms with van der Waals surface area (Å²) in [6.07, 6.45) is 3.64. The van der Waals surface area contributed by atoms with Crippen LogP contribution in [-0.4, -0.2) is 15.8 Å². The Balaban J connectivity index is 1.63. The second-order valence-corrected chi connectivity index (χ2v) is 5.63. The van der Waals surface area contributed by atoms with E-state index in [1.54, 1.807) is 10.9 Å². The summed E-state index contributed by atoms with van der Waals surface area (Å²) in [5.74, 6) is 0.826. The molecular weight excluding hydrogens is 292 g/mol. The van der Waals surface area contributed by atoms with Crippen LogP contribution in [0.1, 0.15) is 29.9 Å². The molecule has 0 saturated heterocycles. The first-order valence-corrected chi connectivity index (χ1v) is 7.54. The molecule has 3 aromatic rings. The number of aromatic nitrogens is 2. The van der Waals surface area contributed by atoms with E-state index in [-0.39, 0.29) is 12.1 Å². The van der Waals surface area contributed by atoms with Gasteiger partial charge in [-0.25, -0.2) is 4.79 Å². The van der Waals surface area contributed by atoms with E-state index >= 15 is 0 Å². The summed E-state index contributed by atoms with van der Waals surface area (Å²) >= 11 is 0. The van der Waals surface area contributed by atoms with Crippen LogP contribution in [0.25, 0.3) is 11.0 Å². The van der Waals surface area contributed by atoms with Crippen molar-refractivity contribution in [3.8, 4) is 0 Å². The Morgan fingerprint density at radius 2 is 2.17 bits per heavy atom. The lowest BCUT2D eigenvalue weighted by Gasteiger charge is -2.13. The van der Waals surface area contributed by atoms with E-state index in [2.05, 4.69) is 15.7 Å². The summed E-state index contributed by atoms with van der Waals surface area (Å²) in [7, 11) is 1.85. The zero-order chi connectivity index (χ0) is 16.4. The molecule has 0 spiro atoms. The summed E-state index contributed by atoms with van der Waals surface area (Å²) in [5, 5.41) is 10.9. The summed E-state index contributed by atoms with van der Waals surface area (Å²) in [5.41, 5.74) is 2.81. The van der Waals surface area contributed by atoms with Gasteiger partial charge in [-0.2, -0.15) is 5.10 Å². The molecule has 2 heterocycles. The lowest BCUT2D eigenvalue weighted by Crippen LogP contribution is -2.36. The number of carbonyl (C=O) groups is 1. The van der Waals surface area contributed by atoms with Gasteiger partial charge in [0.15, 0.2) is 0 Å². The van der Waals surface area contributed by atoms with Crippen molar-refractivity contribution in [2.75, 3.05) is 0 Å². The summed E-state index contributed by atoms with van der Waals surface area (Å²) < 4.78 is 7.42. The molecule has 6 heteroatoms. The maximum absolute atomic E-state index is 12.1. The van der Waals surface area contributed by atoms with E-state index in [0.717, 1.165) is 27.9 Å². The number of hydrogen-bond acceptors (Lipinski definition) is 3. The summed E-state index contributed by atoms with van der Waals surface area (Å²) in [6.45, 7) is 4.26. The fraction of sp³-hybridized carbons (Fsp3) is 0.294. The van der Waals surface area contributed by atoms with E-state index in [9.17, 15) is 4.79 Å². The van der Waals surface area contributed by atoms with Gasteiger partial charge in [0.25, 0.3) is 0 Å². The summed E-state index contributed by atoms with van der Waals surface area (Å²) in [4.78, 5) is 12.1. The highest BCUT2D eigenvalue weighted by atomic mass is 16.3. The van der Waals surface area contributed by atoms with Gasteiger partial charge < -0.3 is 15.1 Å². The predicted molar refractivity (Wildman–Crippen MR) is 87.9 cm³/mol. The number of urea groups is 1. The smallest absolute Gasteiger partial charge is 0.315 e. The highest BCUT2D eigenvalue weighted by Crippen LogP contribution is 2.24. The molecule has 120 valence electrons. The number of para-hydroxylation sites is 1. The topological polar surface area (TPSA) is 72.1 Å². The first kappa shape index (κ1) is 15.1. The van der Waals surface area contributed by atoms with E-state index in [1.165, 1.54) is 0 Å². The fourth-order valence-electron chi connectivity index (χ4n) is 2.60. The Morgan fingerprint density at radius 1 is 1.39 bits per heavy atom. The van der Waals surface area contributed by atoms with Crippen LogP contribution in [0.4, 0.5) is 4.79 Å².